The average Bonchev–Trinajstić information content (AvgIpc) is 3.11. The number of aromatic nitrogens is 1. The highest BCUT2D eigenvalue weighted by Gasteiger charge is 2.35. The number of carboxylic acid groups (broad SMARTS) is 1. The fourth-order valence-corrected chi connectivity index (χ4v) is 4.47. The second-order valence-electron chi connectivity index (χ2n) is 9.50. The van der Waals surface area contributed by atoms with Crippen LogP contribution in [-0.4, -0.2) is 45.2 Å². The summed E-state index contributed by atoms with van der Waals surface area (Å²) in [6.45, 7) is 4.34. The van der Waals surface area contributed by atoms with Gasteiger partial charge in [0.1, 0.15) is 11.5 Å². The lowest BCUT2D eigenvalue weighted by Gasteiger charge is -2.30. The van der Waals surface area contributed by atoms with Gasteiger partial charge in [0.05, 0.1) is 16.8 Å². The molecule has 1 heterocycles. The standard InChI is InChI=1S/C24H32N2O6/c1-24(2)13-18(28)22(19(29)14-24)15(25-12-5-3-4-9-21(30)31)10-11-16-23-17(27)7-6-8-20(23)32-26-16/h28H,3-14H2,1-2H3,(H,30,31). The number of aryl methyl sites for hydroxylation is 2. The first kappa shape index (κ1) is 23.9. The lowest BCUT2D eigenvalue weighted by atomic mass is 9.75. The number of allylic oxidation sites excluding steroid dienone is 2. The first-order valence-electron chi connectivity index (χ1n) is 11.4. The van der Waals surface area contributed by atoms with Crippen molar-refractivity contribution in [2.45, 2.75) is 84.5 Å². The molecule has 0 aliphatic heterocycles. The molecule has 8 heteroatoms. The summed E-state index contributed by atoms with van der Waals surface area (Å²) >= 11 is 0. The van der Waals surface area contributed by atoms with Crippen molar-refractivity contribution >= 4 is 23.2 Å². The van der Waals surface area contributed by atoms with Crippen LogP contribution in [0.1, 0.15) is 93.4 Å². The van der Waals surface area contributed by atoms with Gasteiger partial charge in [0.25, 0.3) is 0 Å². The molecule has 0 amide bonds. The molecule has 8 nitrogen and oxygen atoms in total. The molecule has 1 aromatic heterocycles. The van der Waals surface area contributed by atoms with Gasteiger partial charge in [-0.1, -0.05) is 25.4 Å². The molecule has 0 saturated heterocycles. The summed E-state index contributed by atoms with van der Waals surface area (Å²) in [5.74, 6) is -0.205. The van der Waals surface area contributed by atoms with E-state index in [-0.39, 0.29) is 29.2 Å². The average molecular weight is 445 g/mol. The molecular weight excluding hydrogens is 412 g/mol. The maximum atomic E-state index is 12.9. The zero-order valence-corrected chi connectivity index (χ0v) is 18.9. The van der Waals surface area contributed by atoms with E-state index in [2.05, 4.69) is 10.1 Å². The molecule has 2 N–H and O–H groups in total. The van der Waals surface area contributed by atoms with Crippen LogP contribution in [0.2, 0.25) is 0 Å². The Bertz CT molecular complexity index is 954. The second kappa shape index (κ2) is 10.2. The Hall–Kier alpha value is -2.77. The molecule has 1 aromatic rings. The molecule has 0 spiro atoms. The SMILES string of the molecule is CC1(C)CC(=O)C(C(CCc2noc3c2C(=O)CCC3)=NCCCCCC(=O)O)=C(O)C1. The summed E-state index contributed by atoms with van der Waals surface area (Å²) in [5.41, 5.74) is 1.67. The summed E-state index contributed by atoms with van der Waals surface area (Å²) in [7, 11) is 0. The van der Waals surface area contributed by atoms with Crippen LogP contribution in [0.5, 0.6) is 0 Å². The van der Waals surface area contributed by atoms with Crippen molar-refractivity contribution in [3.63, 3.8) is 0 Å². The van der Waals surface area contributed by atoms with Crippen LogP contribution in [0.15, 0.2) is 20.8 Å². The highest BCUT2D eigenvalue weighted by molar-refractivity contribution is 6.23. The van der Waals surface area contributed by atoms with Crippen LogP contribution in [0.4, 0.5) is 0 Å². The number of aliphatic imine (C=N–C) groups is 1. The highest BCUT2D eigenvalue weighted by Crippen LogP contribution is 2.37. The molecule has 0 aromatic carbocycles. The number of ketones is 2. The van der Waals surface area contributed by atoms with Gasteiger partial charge in [0.2, 0.25) is 0 Å². The van der Waals surface area contributed by atoms with E-state index in [0.29, 0.717) is 86.2 Å². The third kappa shape index (κ3) is 5.93. The molecule has 2 aliphatic rings. The van der Waals surface area contributed by atoms with Crippen molar-refractivity contribution in [1.29, 1.82) is 0 Å². The van der Waals surface area contributed by atoms with Crippen molar-refractivity contribution in [2.75, 3.05) is 6.54 Å². The molecule has 0 radical (unpaired) electrons. The Balaban J connectivity index is 1.76. The fraction of sp³-hybridized carbons (Fsp3) is 0.625. The molecule has 0 fully saturated rings. The van der Waals surface area contributed by atoms with Gasteiger partial charge in [-0.25, -0.2) is 0 Å². The molecule has 2 aliphatic carbocycles. The number of aliphatic carboxylic acids is 1. The lowest BCUT2D eigenvalue weighted by molar-refractivity contribution is -0.137. The zero-order chi connectivity index (χ0) is 23.3. The number of carboxylic acids is 1. The van der Waals surface area contributed by atoms with Crippen LogP contribution >= 0.6 is 0 Å². The summed E-state index contributed by atoms with van der Waals surface area (Å²) in [6, 6.07) is 0. The molecule has 174 valence electrons. The van der Waals surface area contributed by atoms with Gasteiger partial charge >= 0.3 is 5.97 Å². The van der Waals surface area contributed by atoms with E-state index in [4.69, 9.17) is 9.63 Å². The van der Waals surface area contributed by atoms with Crippen molar-refractivity contribution in [1.82, 2.24) is 5.16 Å². The molecule has 0 bridgehead atoms. The number of aliphatic hydroxyl groups is 1. The van der Waals surface area contributed by atoms with E-state index in [1.165, 1.54) is 0 Å². The summed E-state index contributed by atoms with van der Waals surface area (Å²) in [6.07, 6.45) is 5.58. The Morgan fingerprint density at radius 1 is 1.09 bits per heavy atom. The van der Waals surface area contributed by atoms with Gasteiger partial charge in [0.15, 0.2) is 11.6 Å². The Kier molecular flexibility index (Phi) is 7.64. The van der Waals surface area contributed by atoms with Crippen molar-refractivity contribution < 1.29 is 29.1 Å². The molecule has 0 saturated carbocycles. The number of carbonyl (C=O) groups excluding carboxylic acids is 2. The molecule has 0 unspecified atom stereocenters. The number of hydrogen-bond acceptors (Lipinski definition) is 7. The monoisotopic (exact) mass is 444 g/mol. The van der Waals surface area contributed by atoms with E-state index in [1.54, 1.807) is 0 Å². The molecular formula is C24H32N2O6. The van der Waals surface area contributed by atoms with Gasteiger partial charge in [-0.15, -0.1) is 0 Å². The Morgan fingerprint density at radius 2 is 1.88 bits per heavy atom. The zero-order valence-electron chi connectivity index (χ0n) is 18.9. The topological polar surface area (TPSA) is 130 Å². The number of rotatable bonds is 10. The van der Waals surface area contributed by atoms with Gasteiger partial charge in [0, 0.05) is 44.4 Å². The number of nitrogens with zero attached hydrogens (tertiary/aromatic N) is 2. The number of carbonyl (C=O) groups is 3. The van der Waals surface area contributed by atoms with Crippen molar-refractivity contribution in [2.24, 2.45) is 10.4 Å². The normalized spacial score (nSPS) is 18.8. The number of hydrogen-bond donors (Lipinski definition) is 2. The second-order valence-corrected chi connectivity index (χ2v) is 9.50. The van der Waals surface area contributed by atoms with E-state index in [9.17, 15) is 19.5 Å². The van der Waals surface area contributed by atoms with E-state index >= 15 is 0 Å². The number of aliphatic hydroxyl groups excluding tert-OH is 1. The van der Waals surface area contributed by atoms with Gasteiger partial charge in [-0.05, 0) is 37.5 Å². The van der Waals surface area contributed by atoms with Crippen LogP contribution in [0.25, 0.3) is 0 Å². The Labute approximate surface area is 187 Å². The minimum absolute atomic E-state index is 0.0389. The van der Waals surface area contributed by atoms with Crippen molar-refractivity contribution in [3.8, 4) is 0 Å². The molecule has 32 heavy (non-hydrogen) atoms. The van der Waals surface area contributed by atoms with Gasteiger partial charge in [-0.3, -0.25) is 19.4 Å². The first-order valence-corrected chi connectivity index (χ1v) is 11.4. The minimum atomic E-state index is -0.815. The van der Waals surface area contributed by atoms with Crippen LogP contribution < -0.4 is 0 Å². The third-order valence-electron chi connectivity index (χ3n) is 6.01. The lowest BCUT2D eigenvalue weighted by Crippen LogP contribution is -2.29. The quantitative estimate of drug-likeness (QED) is 0.404. The smallest absolute Gasteiger partial charge is 0.303 e. The minimum Gasteiger partial charge on any atom is -0.511 e. The third-order valence-corrected chi connectivity index (χ3v) is 6.01. The maximum absolute atomic E-state index is 12.9. The van der Waals surface area contributed by atoms with Crippen LogP contribution in [0.3, 0.4) is 0 Å². The van der Waals surface area contributed by atoms with Crippen molar-refractivity contribution in [3.05, 3.63) is 28.3 Å². The molecule has 3 rings (SSSR count). The fourth-order valence-electron chi connectivity index (χ4n) is 4.47. The predicted molar refractivity (Wildman–Crippen MR) is 118 cm³/mol. The summed E-state index contributed by atoms with van der Waals surface area (Å²) in [4.78, 5) is 40.5. The molecule has 0 atom stereocenters. The van der Waals surface area contributed by atoms with E-state index in [1.807, 2.05) is 13.8 Å². The largest absolute Gasteiger partial charge is 0.511 e. The maximum Gasteiger partial charge on any atom is 0.303 e. The number of unbranched alkanes of at least 4 members (excludes halogenated alkanes) is 2. The van der Waals surface area contributed by atoms with Gasteiger partial charge in [-0.2, -0.15) is 0 Å². The summed E-state index contributed by atoms with van der Waals surface area (Å²) in [5, 5.41) is 23.5. The van der Waals surface area contributed by atoms with Gasteiger partial charge < -0.3 is 14.7 Å². The van der Waals surface area contributed by atoms with Crippen LogP contribution in [0, 0.1) is 5.41 Å². The van der Waals surface area contributed by atoms with E-state index in [0.717, 1.165) is 12.8 Å². The highest BCUT2D eigenvalue weighted by atomic mass is 16.5. The number of fused-ring (bicyclic) bond motifs is 1. The Morgan fingerprint density at radius 3 is 2.59 bits per heavy atom. The predicted octanol–water partition coefficient (Wildman–Crippen LogP) is 4.41. The van der Waals surface area contributed by atoms with E-state index < -0.39 is 5.97 Å². The summed E-state index contributed by atoms with van der Waals surface area (Å²) < 4.78 is 5.36. The van der Waals surface area contributed by atoms with Crippen LogP contribution in [-0.2, 0) is 22.4 Å². The first-order chi connectivity index (χ1) is 15.2. The number of Topliss-reactive ketones (excluding diaryl/α,β-unsaturated/α-hetero) is 2.